The van der Waals surface area contributed by atoms with E-state index in [0.29, 0.717) is 5.69 Å². The van der Waals surface area contributed by atoms with E-state index >= 15 is 0 Å². The Balaban J connectivity index is 1.80. The van der Waals surface area contributed by atoms with E-state index in [1.165, 1.54) is 12.8 Å². The Bertz CT molecular complexity index is 416. The van der Waals surface area contributed by atoms with Crippen molar-refractivity contribution < 1.29 is 4.79 Å². The first-order valence-electron chi connectivity index (χ1n) is 6.92. The van der Waals surface area contributed by atoms with Crippen LogP contribution >= 0.6 is 0 Å². The lowest BCUT2D eigenvalue weighted by molar-refractivity contribution is 0.0958. The molecule has 1 amide bonds. The lowest BCUT2D eigenvalue weighted by atomic mass is 9.96. The van der Waals surface area contributed by atoms with Crippen LogP contribution in [0.25, 0.3) is 0 Å². The number of nitrogens with one attached hydrogen (secondary N) is 3. The van der Waals surface area contributed by atoms with Crippen LogP contribution in [0.1, 0.15) is 29.8 Å². The first-order valence-corrected chi connectivity index (χ1v) is 6.92. The highest BCUT2D eigenvalue weighted by Crippen LogP contribution is 2.15. The van der Waals surface area contributed by atoms with Crippen LogP contribution in [0, 0.1) is 5.92 Å². The highest BCUT2D eigenvalue weighted by atomic mass is 16.1. The molecule has 1 unspecified atom stereocenters. The van der Waals surface area contributed by atoms with Gasteiger partial charge >= 0.3 is 0 Å². The lowest BCUT2D eigenvalue weighted by Crippen LogP contribution is -2.30. The van der Waals surface area contributed by atoms with Crippen molar-refractivity contribution >= 4 is 11.6 Å². The standard InChI is InChI=1S/C14H22N4O/c1-15-14(19)13-9-12(5-8-18-13)17-7-4-11-3-2-6-16-10-11/h5,8-9,11,16H,2-4,6-7,10H2,1H3,(H,15,19)(H,17,18). The van der Waals surface area contributed by atoms with Crippen LogP contribution in [0.5, 0.6) is 0 Å². The Hall–Kier alpha value is -1.62. The van der Waals surface area contributed by atoms with E-state index in [1.807, 2.05) is 6.07 Å². The van der Waals surface area contributed by atoms with E-state index in [0.717, 1.165) is 37.7 Å². The summed E-state index contributed by atoms with van der Waals surface area (Å²) in [5.74, 6) is 0.613. The van der Waals surface area contributed by atoms with Gasteiger partial charge in [-0.25, -0.2) is 0 Å². The SMILES string of the molecule is CNC(=O)c1cc(NCCC2CCCNC2)ccn1. The molecule has 1 aromatic heterocycles. The minimum Gasteiger partial charge on any atom is -0.385 e. The molecule has 2 rings (SSSR count). The minimum atomic E-state index is -0.153. The summed E-state index contributed by atoms with van der Waals surface area (Å²) in [6.45, 7) is 3.22. The lowest BCUT2D eigenvalue weighted by Gasteiger charge is -2.22. The van der Waals surface area contributed by atoms with E-state index in [1.54, 1.807) is 19.3 Å². The van der Waals surface area contributed by atoms with Crippen LogP contribution in [0.4, 0.5) is 5.69 Å². The summed E-state index contributed by atoms with van der Waals surface area (Å²) in [5, 5.41) is 9.37. The van der Waals surface area contributed by atoms with Gasteiger partial charge in [0.15, 0.2) is 0 Å². The van der Waals surface area contributed by atoms with E-state index in [9.17, 15) is 4.79 Å². The Labute approximate surface area is 114 Å². The number of hydrogen-bond acceptors (Lipinski definition) is 4. The average Bonchev–Trinajstić information content (AvgIpc) is 2.48. The molecule has 1 fully saturated rings. The van der Waals surface area contributed by atoms with E-state index in [4.69, 9.17) is 0 Å². The van der Waals surface area contributed by atoms with Crippen molar-refractivity contribution in [2.45, 2.75) is 19.3 Å². The molecule has 1 aliphatic heterocycles. The summed E-state index contributed by atoms with van der Waals surface area (Å²) in [6, 6.07) is 3.68. The van der Waals surface area contributed by atoms with Crippen LogP contribution in [-0.2, 0) is 0 Å². The summed E-state index contributed by atoms with van der Waals surface area (Å²) in [6.07, 6.45) is 5.41. The molecule has 1 atom stereocenters. The minimum absolute atomic E-state index is 0.153. The number of carbonyl (C=O) groups excluding carboxylic acids is 1. The number of nitrogens with zero attached hydrogens (tertiary/aromatic N) is 1. The number of rotatable bonds is 5. The maximum absolute atomic E-state index is 11.5. The third-order valence-electron chi connectivity index (χ3n) is 3.50. The zero-order valence-corrected chi connectivity index (χ0v) is 11.4. The monoisotopic (exact) mass is 262 g/mol. The molecule has 5 nitrogen and oxygen atoms in total. The maximum Gasteiger partial charge on any atom is 0.269 e. The van der Waals surface area contributed by atoms with E-state index in [2.05, 4.69) is 20.9 Å². The van der Waals surface area contributed by atoms with Gasteiger partial charge in [0.1, 0.15) is 5.69 Å². The van der Waals surface area contributed by atoms with Crippen LogP contribution in [0.15, 0.2) is 18.3 Å². The molecular formula is C14H22N4O. The highest BCUT2D eigenvalue weighted by Gasteiger charge is 2.12. The van der Waals surface area contributed by atoms with Crippen molar-refractivity contribution in [1.29, 1.82) is 0 Å². The van der Waals surface area contributed by atoms with E-state index in [-0.39, 0.29) is 5.91 Å². The normalized spacial score (nSPS) is 18.9. The van der Waals surface area contributed by atoms with Crippen molar-refractivity contribution in [3.05, 3.63) is 24.0 Å². The fourth-order valence-electron chi connectivity index (χ4n) is 2.38. The molecule has 0 radical (unpaired) electrons. The Morgan fingerprint density at radius 1 is 1.58 bits per heavy atom. The second-order valence-corrected chi connectivity index (χ2v) is 4.94. The van der Waals surface area contributed by atoms with Gasteiger partial charge in [-0.3, -0.25) is 9.78 Å². The molecule has 0 spiro atoms. The highest BCUT2D eigenvalue weighted by molar-refractivity contribution is 5.92. The van der Waals surface area contributed by atoms with Crippen molar-refractivity contribution in [1.82, 2.24) is 15.6 Å². The number of hydrogen-bond donors (Lipinski definition) is 3. The van der Waals surface area contributed by atoms with E-state index < -0.39 is 0 Å². The molecule has 1 aromatic rings. The molecule has 0 aromatic carbocycles. The van der Waals surface area contributed by atoms with Crippen molar-refractivity contribution in [2.75, 3.05) is 32.0 Å². The molecule has 104 valence electrons. The molecule has 0 bridgehead atoms. The fourth-order valence-corrected chi connectivity index (χ4v) is 2.38. The largest absolute Gasteiger partial charge is 0.385 e. The molecule has 0 saturated carbocycles. The first kappa shape index (κ1) is 13.8. The van der Waals surface area contributed by atoms with Crippen molar-refractivity contribution in [3.63, 3.8) is 0 Å². The second-order valence-electron chi connectivity index (χ2n) is 4.94. The Morgan fingerprint density at radius 2 is 2.47 bits per heavy atom. The molecule has 1 saturated heterocycles. The average molecular weight is 262 g/mol. The van der Waals surface area contributed by atoms with Crippen molar-refractivity contribution in [3.8, 4) is 0 Å². The topological polar surface area (TPSA) is 66.1 Å². The molecule has 0 aliphatic carbocycles. The van der Waals surface area contributed by atoms with Gasteiger partial charge in [0, 0.05) is 25.5 Å². The summed E-state index contributed by atoms with van der Waals surface area (Å²) in [5.41, 5.74) is 1.41. The number of pyridine rings is 1. The van der Waals surface area contributed by atoms with Crippen LogP contribution < -0.4 is 16.0 Å². The van der Waals surface area contributed by atoms with Gasteiger partial charge < -0.3 is 16.0 Å². The van der Waals surface area contributed by atoms with Gasteiger partial charge in [-0.15, -0.1) is 0 Å². The number of carbonyl (C=O) groups is 1. The number of anilines is 1. The Kier molecular flexibility index (Phi) is 5.15. The van der Waals surface area contributed by atoms with Gasteiger partial charge in [-0.1, -0.05) is 0 Å². The van der Waals surface area contributed by atoms with Crippen LogP contribution in [-0.4, -0.2) is 37.6 Å². The van der Waals surface area contributed by atoms with Gasteiger partial charge in [0.05, 0.1) is 0 Å². The number of piperidine rings is 1. The molecular weight excluding hydrogens is 240 g/mol. The van der Waals surface area contributed by atoms with Gasteiger partial charge in [0.2, 0.25) is 0 Å². The predicted octanol–water partition coefficient (Wildman–Crippen LogP) is 1.24. The number of amides is 1. The van der Waals surface area contributed by atoms with Crippen molar-refractivity contribution in [2.24, 2.45) is 5.92 Å². The molecule has 1 aliphatic rings. The second kappa shape index (κ2) is 7.09. The van der Waals surface area contributed by atoms with Gasteiger partial charge in [-0.05, 0) is 50.4 Å². The maximum atomic E-state index is 11.5. The molecule has 5 heteroatoms. The third-order valence-corrected chi connectivity index (χ3v) is 3.50. The van der Waals surface area contributed by atoms with Gasteiger partial charge in [0.25, 0.3) is 5.91 Å². The van der Waals surface area contributed by atoms with Crippen LogP contribution in [0.3, 0.4) is 0 Å². The zero-order chi connectivity index (χ0) is 13.5. The predicted molar refractivity (Wildman–Crippen MR) is 76.3 cm³/mol. The van der Waals surface area contributed by atoms with Crippen LogP contribution in [0.2, 0.25) is 0 Å². The summed E-state index contributed by atoms with van der Waals surface area (Å²) in [7, 11) is 1.61. The quantitative estimate of drug-likeness (QED) is 0.747. The Morgan fingerprint density at radius 3 is 3.21 bits per heavy atom. The molecule has 2 heterocycles. The fraction of sp³-hybridized carbons (Fsp3) is 0.571. The van der Waals surface area contributed by atoms with Gasteiger partial charge in [-0.2, -0.15) is 0 Å². The molecule has 19 heavy (non-hydrogen) atoms. The third kappa shape index (κ3) is 4.21. The smallest absolute Gasteiger partial charge is 0.269 e. The summed E-state index contributed by atoms with van der Waals surface area (Å²) in [4.78, 5) is 15.5. The molecule has 3 N–H and O–H groups in total. The summed E-state index contributed by atoms with van der Waals surface area (Å²) >= 11 is 0. The number of aromatic nitrogens is 1. The summed E-state index contributed by atoms with van der Waals surface area (Å²) < 4.78 is 0. The zero-order valence-electron chi connectivity index (χ0n) is 11.4. The first-order chi connectivity index (χ1) is 9.29.